The molecule has 0 spiro atoms. The Morgan fingerprint density at radius 2 is 1.37 bits per heavy atom. The molecule has 0 saturated carbocycles. The van der Waals surface area contributed by atoms with Crippen molar-refractivity contribution < 1.29 is 9.59 Å². The van der Waals surface area contributed by atoms with Crippen molar-refractivity contribution in [1.29, 1.82) is 0 Å². The van der Waals surface area contributed by atoms with E-state index in [4.69, 9.17) is 0 Å². The molecule has 0 atom stereocenters. The predicted octanol–water partition coefficient (Wildman–Crippen LogP) is 4.71. The number of rotatable bonds is 5. The first-order valence-electron chi connectivity index (χ1n) is 9.95. The van der Waals surface area contributed by atoms with E-state index in [0.717, 1.165) is 27.6 Å². The van der Waals surface area contributed by atoms with Gasteiger partial charge >= 0.3 is 0 Å². The van der Waals surface area contributed by atoms with Crippen molar-refractivity contribution in [3.8, 4) is 0 Å². The molecule has 4 heteroatoms. The van der Waals surface area contributed by atoms with E-state index in [1.165, 1.54) is 0 Å². The van der Waals surface area contributed by atoms with E-state index in [1.807, 2.05) is 97.1 Å². The third kappa shape index (κ3) is 3.12. The van der Waals surface area contributed by atoms with Gasteiger partial charge in [-0.3, -0.25) is 14.5 Å². The second kappa shape index (κ2) is 7.48. The van der Waals surface area contributed by atoms with E-state index < -0.39 is 0 Å². The van der Waals surface area contributed by atoms with E-state index in [9.17, 15) is 9.59 Å². The van der Waals surface area contributed by atoms with Crippen LogP contribution in [0.2, 0.25) is 0 Å². The number of benzene rings is 4. The van der Waals surface area contributed by atoms with E-state index in [0.29, 0.717) is 5.56 Å². The zero-order valence-electron chi connectivity index (χ0n) is 16.3. The number of nitrogens with zero attached hydrogens (tertiary/aromatic N) is 1. The lowest BCUT2D eigenvalue weighted by Gasteiger charge is -2.23. The molecule has 4 aromatic rings. The fraction of sp³-hybridized carbons (Fsp3) is 0.0769. The van der Waals surface area contributed by atoms with Gasteiger partial charge in [-0.2, -0.15) is 0 Å². The highest BCUT2D eigenvalue weighted by Gasteiger charge is 2.31. The molecular weight excluding hydrogens is 372 g/mol. The summed E-state index contributed by atoms with van der Waals surface area (Å²) in [6.45, 7) is -0.0250. The van der Waals surface area contributed by atoms with Gasteiger partial charge in [-0.15, -0.1) is 0 Å². The van der Waals surface area contributed by atoms with Crippen molar-refractivity contribution in [1.82, 2.24) is 5.32 Å². The maximum atomic E-state index is 13.1. The van der Waals surface area contributed by atoms with Crippen LogP contribution < -0.4 is 10.2 Å². The van der Waals surface area contributed by atoms with Crippen molar-refractivity contribution in [2.24, 2.45) is 0 Å². The molecule has 1 heterocycles. The summed E-state index contributed by atoms with van der Waals surface area (Å²) in [4.78, 5) is 27.6. The first kappa shape index (κ1) is 18.1. The highest BCUT2D eigenvalue weighted by molar-refractivity contribution is 6.26. The van der Waals surface area contributed by atoms with Crippen molar-refractivity contribution >= 4 is 28.3 Å². The molecule has 1 aliphatic heterocycles. The van der Waals surface area contributed by atoms with Gasteiger partial charge in [0.15, 0.2) is 0 Å². The highest BCUT2D eigenvalue weighted by Crippen LogP contribution is 2.37. The molecule has 1 N–H and O–H groups in total. The Balaban J connectivity index is 1.43. The maximum absolute atomic E-state index is 13.1. The minimum Gasteiger partial charge on any atom is -0.344 e. The molecule has 4 nitrogen and oxygen atoms in total. The second-order valence-electron chi connectivity index (χ2n) is 7.39. The van der Waals surface area contributed by atoms with Crippen LogP contribution in [0.1, 0.15) is 27.5 Å². The Hall–Kier alpha value is -3.92. The van der Waals surface area contributed by atoms with E-state index in [2.05, 4.69) is 5.32 Å². The number of hydrogen-bond donors (Lipinski definition) is 1. The number of nitrogens with one attached hydrogen (secondary N) is 1. The molecular formula is C26H20N2O2. The van der Waals surface area contributed by atoms with Crippen LogP contribution in [0.25, 0.3) is 10.8 Å². The van der Waals surface area contributed by atoms with Crippen molar-refractivity contribution in [3.63, 3.8) is 0 Å². The zero-order chi connectivity index (χ0) is 20.5. The molecule has 0 bridgehead atoms. The molecule has 0 aromatic heterocycles. The molecule has 146 valence electrons. The average molecular weight is 392 g/mol. The molecule has 0 aliphatic carbocycles. The smallest absolute Gasteiger partial charge is 0.259 e. The van der Waals surface area contributed by atoms with Gasteiger partial charge in [-0.1, -0.05) is 84.9 Å². The molecule has 4 aromatic carbocycles. The average Bonchev–Trinajstić information content (AvgIpc) is 3.07. The van der Waals surface area contributed by atoms with Gasteiger partial charge in [-0.25, -0.2) is 0 Å². The van der Waals surface area contributed by atoms with Crippen LogP contribution in [-0.2, 0) is 4.79 Å². The lowest BCUT2D eigenvalue weighted by atomic mass is 9.99. The Morgan fingerprint density at radius 1 is 0.767 bits per heavy atom. The zero-order valence-corrected chi connectivity index (χ0v) is 16.3. The second-order valence-corrected chi connectivity index (χ2v) is 7.39. The summed E-state index contributed by atoms with van der Waals surface area (Å²) in [6, 6.07) is 30.9. The van der Waals surface area contributed by atoms with Crippen LogP contribution in [0.4, 0.5) is 5.69 Å². The third-order valence-corrected chi connectivity index (χ3v) is 5.52. The number of amides is 2. The van der Waals surface area contributed by atoms with E-state index in [-0.39, 0.29) is 24.4 Å². The number of anilines is 1. The maximum Gasteiger partial charge on any atom is 0.259 e. The first-order valence-corrected chi connectivity index (χ1v) is 9.95. The van der Waals surface area contributed by atoms with Crippen LogP contribution in [0, 0.1) is 0 Å². The summed E-state index contributed by atoms with van der Waals surface area (Å²) in [5.74, 6) is -0.334. The Kier molecular flexibility index (Phi) is 4.52. The van der Waals surface area contributed by atoms with Crippen LogP contribution >= 0.6 is 0 Å². The summed E-state index contributed by atoms with van der Waals surface area (Å²) >= 11 is 0. The largest absolute Gasteiger partial charge is 0.344 e. The van der Waals surface area contributed by atoms with Gasteiger partial charge in [0.05, 0.1) is 11.7 Å². The van der Waals surface area contributed by atoms with Crippen molar-refractivity contribution in [2.75, 3.05) is 11.4 Å². The molecule has 0 saturated heterocycles. The quantitative estimate of drug-likeness (QED) is 0.535. The van der Waals surface area contributed by atoms with Crippen LogP contribution in [-0.4, -0.2) is 18.4 Å². The summed E-state index contributed by atoms with van der Waals surface area (Å²) in [5.41, 5.74) is 3.43. The van der Waals surface area contributed by atoms with E-state index >= 15 is 0 Å². The van der Waals surface area contributed by atoms with Gasteiger partial charge in [0.25, 0.3) is 5.91 Å². The monoisotopic (exact) mass is 392 g/mol. The fourth-order valence-corrected chi connectivity index (χ4v) is 4.14. The topological polar surface area (TPSA) is 49.4 Å². The van der Waals surface area contributed by atoms with Gasteiger partial charge in [-0.05, 0) is 28.6 Å². The van der Waals surface area contributed by atoms with E-state index in [1.54, 1.807) is 4.90 Å². The van der Waals surface area contributed by atoms with Crippen LogP contribution in [0.15, 0.2) is 97.1 Å². The highest BCUT2D eigenvalue weighted by atomic mass is 16.2. The van der Waals surface area contributed by atoms with Crippen LogP contribution in [0.3, 0.4) is 0 Å². The Labute approximate surface area is 174 Å². The van der Waals surface area contributed by atoms with Crippen molar-refractivity contribution in [3.05, 3.63) is 114 Å². The lowest BCUT2D eigenvalue weighted by Crippen LogP contribution is -2.40. The minimum atomic E-state index is -0.282. The summed E-state index contributed by atoms with van der Waals surface area (Å²) in [5, 5.41) is 5.05. The fourth-order valence-electron chi connectivity index (χ4n) is 4.14. The van der Waals surface area contributed by atoms with Crippen LogP contribution in [0.5, 0.6) is 0 Å². The van der Waals surface area contributed by atoms with Gasteiger partial charge in [0.1, 0.15) is 6.54 Å². The molecule has 0 radical (unpaired) electrons. The number of carbonyl (C=O) groups excluding carboxylic acids is 2. The van der Waals surface area contributed by atoms with Gasteiger partial charge in [0, 0.05) is 10.9 Å². The Bertz CT molecular complexity index is 1190. The SMILES string of the molecule is O=C(CN1C(=O)c2cccc3cccc1c23)NC(c1ccccc1)c1ccccc1. The molecule has 5 rings (SSSR count). The Morgan fingerprint density at radius 3 is 2.00 bits per heavy atom. The first-order chi connectivity index (χ1) is 14.7. The third-order valence-electron chi connectivity index (χ3n) is 5.52. The van der Waals surface area contributed by atoms with Crippen molar-refractivity contribution in [2.45, 2.75) is 6.04 Å². The minimum absolute atomic E-state index is 0.0250. The number of carbonyl (C=O) groups is 2. The van der Waals surface area contributed by atoms with Gasteiger partial charge < -0.3 is 5.32 Å². The molecule has 0 unspecified atom stereocenters. The summed E-state index contributed by atoms with van der Waals surface area (Å²) in [6.07, 6.45) is 0. The standard InChI is InChI=1S/C26H20N2O2/c29-23(27-25(19-9-3-1-4-10-19)20-11-5-2-6-12-20)17-28-22-16-8-14-18-13-7-15-21(24(18)22)26(28)30/h1-16,25H,17H2,(H,27,29). The molecule has 0 fully saturated rings. The molecule has 2 amide bonds. The number of hydrogen-bond acceptors (Lipinski definition) is 2. The van der Waals surface area contributed by atoms with Gasteiger partial charge in [0.2, 0.25) is 5.91 Å². The normalized spacial score (nSPS) is 12.6. The lowest BCUT2D eigenvalue weighted by molar-refractivity contribution is -0.120. The summed E-state index contributed by atoms with van der Waals surface area (Å²) < 4.78 is 0. The predicted molar refractivity (Wildman–Crippen MR) is 118 cm³/mol. The molecule has 1 aliphatic rings. The summed E-state index contributed by atoms with van der Waals surface area (Å²) in [7, 11) is 0. The molecule has 30 heavy (non-hydrogen) atoms.